The topological polar surface area (TPSA) is 106 Å². The van der Waals surface area contributed by atoms with Crippen molar-refractivity contribution < 1.29 is 9.59 Å². The number of carbonyl (C=O) groups is 2. The fourth-order valence-corrected chi connectivity index (χ4v) is 2.84. The summed E-state index contributed by atoms with van der Waals surface area (Å²) in [6, 6.07) is 8.33. The van der Waals surface area contributed by atoms with Crippen LogP contribution in [0.3, 0.4) is 0 Å². The SMILES string of the molecule is Cc1ccc(N2CC(C)N(C(=O)c3cc(=O)[nH]c(=O)[nH]3)CC2=O)cc1. The molecule has 0 bridgehead atoms. The summed E-state index contributed by atoms with van der Waals surface area (Å²) >= 11 is 0. The molecule has 0 radical (unpaired) electrons. The van der Waals surface area contributed by atoms with Gasteiger partial charge < -0.3 is 14.8 Å². The number of aryl methyl sites for hydroxylation is 1. The average Bonchev–Trinajstić information content (AvgIpc) is 2.56. The molecule has 130 valence electrons. The molecule has 1 atom stereocenters. The van der Waals surface area contributed by atoms with Crippen LogP contribution in [0.25, 0.3) is 0 Å². The second-order valence-corrected chi connectivity index (χ2v) is 6.12. The zero-order valence-electron chi connectivity index (χ0n) is 13.9. The van der Waals surface area contributed by atoms with Gasteiger partial charge in [-0.05, 0) is 26.0 Å². The number of piperazine rings is 1. The minimum absolute atomic E-state index is 0.122. The lowest BCUT2D eigenvalue weighted by atomic mass is 10.1. The molecule has 2 N–H and O–H groups in total. The summed E-state index contributed by atoms with van der Waals surface area (Å²) in [6.07, 6.45) is 0. The van der Waals surface area contributed by atoms with Crippen molar-refractivity contribution in [3.05, 3.63) is 62.4 Å². The second kappa shape index (κ2) is 6.39. The number of nitrogens with zero attached hydrogens (tertiary/aromatic N) is 2. The molecule has 8 nitrogen and oxygen atoms in total. The summed E-state index contributed by atoms with van der Waals surface area (Å²) in [5.41, 5.74) is 0.324. The molecule has 25 heavy (non-hydrogen) atoms. The van der Waals surface area contributed by atoms with E-state index in [9.17, 15) is 19.2 Å². The first-order valence-corrected chi connectivity index (χ1v) is 7.87. The Morgan fingerprint density at radius 2 is 1.80 bits per heavy atom. The number of anilines is 1. The summed E-state index contributed by atoms with van der Waals surface area (Å²) in [4.78, 5) is 55.1. The Kier molecular flexibility index (Phi) is 4.26. The normalized spacial score (nSPS) is 17.7. The number of hydrogen-bond acceptors (Lipinski definition) is 4. The van der Waals surface area contributed by atoms with Gasteiger partial charge in [0.2, 0.25) is 5.91 Å². The van der Waals surface area contributed by atoms with E-state index in [0.29, 0.717) is 6.54 Å². The molecule has 1 aromatic carbocycles. The van der Waals surface area contributed by atoms with E-state index < -0.39 is 17.2 Å². The maximum Gasteiger partial charge on any atom is 0.326 e. The van der Waals surface area contributed by atoms with Crippen LogP contribution in [0, 0.1) is 6.92 Å². The van der Waals surface area contributed by atoms with E-state index in [1.807, 2.05) is 43.1 Å². The molecular formula is C17H18N4O4. The Morgan fingerprint density at radius 1 is 1.12 bits per heavy atom. The summed E-state index contributed by atoms with van der Waals surface area (Å²) < 4.78 is 0. The highest BCUT2D eigenvalue weighted by Crippen LogP contribution is 2.21. The molecule has 1 saturated heterocycles. The Morgan fingerprint density at radius 3 is 2.44 bits per heavy atom. The van der Waals surface area contributed by atoms with E-state index in [-0.39, 0.29) is 24.2 Å². The molecule has 2 aromatic rings. The van der Waals surface area contributed by atoms with Gasteiger partial charge >= 0.3 is 5.69 Å². The van der Waals surface area contributed by atoms with E-state index >= 15 is 0 Å². The Balaban J connectivity index is 1.83. The van der Waals surface area contributed by atoms with E-state index in [1.54, 1.807) is 4.90 Å². The lowest BCUT2D eigenvalue weighted by molar-refractivity contribution is -0.121. The molecule has 1 aliphatic heterocycles. The predicted molar refractivity (Wildman–Crippen MR) is 91.7 cm³/mol. The van der Waals surface area contributed by atoms with Crippen molar-refractivity contribution in [1.82, 2.24) is 14.9 Å². The predicted octanol–water partition coefficient (Wildman–Crippen LogP) is 0.249. The minimum Gasteiger partial charge on any atom is -0.324 e. The van der Waals surface area contributed by atoms with Crippen LogP contribution in [0.5, 0.6) is 0 Å². The molecule has 3 rings (SSSR count). The van der Waals surface area contributed by atoms with E-state index in [1.165, 1.54) is 4.90 Å². The van der Waals surface area contributed by atoms with Gasteiger partial charge in [0.05, 0.1) is 0 Å². The number of hydrogen-bond donors (Lipinski definition) is 2. The number of aromatic nitrogens is 2. The standard InChI is InChI=1S/C17H18N4O4/c1-10-3-5-12(6-4-10)21-8-11(2)20(9-15(21)23)16(24)13-7-14(22)19-17(25)18-13/h3-7,11H,8-9H2,1-2H3,(H2,18,19,22,25). The largest absolute Gasteiger partial charge is 0.326 e. The number of H-pyrrole nitrogens is 2. The number of amides is 2. The van der Waals surface area contributed by atoms with Gasteiger partial charge in [-0.1, -0.05) is 17.7 Å². The number of nitrogens with one attached hydrogen (secondary N) is 2. The third kappa shape index (κ3) is 3.37. The average molecular weight is 342 g/mol. The van der Waals surface area contributed by atoms with E-state index in [2.05, 4.69) is 4.98 Å². The molecule has 1 aromatic heterocycles. The van der Waals surface area contributed by atoms with Gasteiger partial charge in [-0.2, -0.15) is 0 Å². The number of rotatable bonds is 2. The molecule has 8 heteroatoms. The van der Waals surface area contributed by atoms with Gasteiger partial charge in [0.15, 0.2) is 0 Å². The van der Waals surface area contributed by atoms with Gasteiger partial charge in [0.1, 0.15) is 12.2 Å². The lowest BCUT2D eigenvalue weighted by Crippen LogP contribution is -2.57. The fraction of sp³-hybridized carbons (Fsp3) is 0.294. The second-order valence-electron chi connectivity index (χ2n) is 6.12. The van der Waals surface area contributed by atoms with Crippen LogP contribution in [0.2, 0.25) is 0 Å². The van der Waals surface area contributed by atoms with Crippen LogP contribution < -0.4 is 16.1 Å². The van der Waals surface area contributed by atoms with Crippen LogP contribution in [0.15, 0.2) is 39.9 Å². The highest BCUT2D eigenvalue weighted by molar-refractivity contribution is 6.01. The Bertz CT molecular complexity index is 900. The summed E-state index contributed by atoms with van der Waals surface area (Å²) in [5.74, 6) is -0.768. The van der Waals surface area contributed by atoms with Crippen LogP contribution >= 0.6 is 0 Å². The summed E-state index contributed by atoms with van der Waals surface area (Å²) in [7, 11) is 0. The number of benzene rings is 1. The third-order valence-electron chi connectivity index (χ3n) is 4.18. The summed E-state index contributed by atoms with van der Waals surface area (Å²) in [6.45, 7) is 3.99. The molecule has 2 heterocycles. The maximum atomic E-state index is 12.6. The zero-order valence-corrected chi connectivity index (χ0v) is 13.9. The quantitative estimate of drug-likeness (QED) is 0.816. The number of carbonyl (C=O) groups excluding carboxylic acids is 2. The van der Waals surface area contributed by atoms with E-state index in [4.69, 9.17) is 0 Å². The van der Waals surface area contributed by atoms with Crippen LogP contribution in [-0.4, -0.2) is 45.8 Å². The van der Waals surface area contributed by atoms with Crippen molar-refractivity contribution in [3.8, 4) is 0 Å². The molecule has 1 fully saturated rings. The molecule has 1 aliphatic rings. The van der Waals surface area contributed by atoms with Crippen molar-refractivity contribution in [3.63, 3.8) is 0 Å². The highest BCUT2D eigenvalue weighted by Gasteiger charge is 2.34. The minimum atomic E-state index is -0.756. The lowest BCUT2D eigenvalue weighted by Gasteiger charge is -2.39. The van der Waals surface area contributed by atoms with Crippen molar-refractivity contribution in [2.24, 2.45) is 0 Å². The van der Waals surface area contributed by atoms with Gasteiger partial charge in [-0.25, -0.2) is 4.79 Å². The third-order valence-corrected chi connectivity index (χ3v) is 4.18. The molecule has 1 unspecified atom stereocenters. The van der Waals surface area contributed by atoms with Crippen LogP contribution in [-0.2, 0) is 4.79 Å². The van der Waals surface area contributed by atoms with Crippen molar-refractivity contribution in [2.75, 3.05) is 18.0 Å². The van der Waals surface area contributed by atoms with Crippen molar-refractivity contribution in [2.45, 2.75) is 19.9 Å². The fourth-order valence-electron chi connectivity index (χ4n) is 2.84. The first-order chi connectivity index (χ1) is 11.8. The summed E-state index contributed by atoms with van der Waals surface area (Å²) in [5, 5.41) is 0. The van der Waals surface area contributed by atoms with Crippen LogP contribution in [0.1, 0.15) is 23.0 Å². The van der Waals surface area contributed by atoms with Crippen molar-refractivity contribution in [1.29, 1.82) is 0 Å². The maximum absolute atomic E-state index is 12.6. The monoisotopic (exact) mass is 342 g/mol. The first-order valence-electron chi connectivity index (χ1n) is 7.87. The molecular weight excluding hydrogens is 324 g/mol. The van der Waals surface area contributed by atoms with Gasteiger partial charge in [0, 0.05) is 24.3 Å². The van der Waals surface area contributed by atoms with Crippen LogP contribution in [0.4, 0.5) is 5.69 Å². The molecule has 2 amide bonds. The van der Waals surface area contributed by atoms with E-state index in [0.717, 1.165) is 17.3 Å². The smallest absolute Gasteiger partial charge is 0.324 e. The molecule has 0 aliphatic carbocycles. The van der Waals surface area contributed by atoms with Gasteiger partial charge in [0.25, 0.3) is 11.5 Å². The molecule has 0 saturated carbocycles. The number of aromatic amines is 2. The van der Waals surface area contributed by atoms with Gasteiger partial charge in [-0.3, -0.25) is 19.4 Å². The van der Waals surface area contributed by atoms with Gasteiger partial charge in [-0.15, -0.1) is 0 Å². The highest BCUT2D eigenvalue weighted by atomic mass is 16.2. The molecule has 0 spiro atoms. The first kappa shape index (κ1) is 16.7. The zero-order chi connectivity index (χ0) is 18.1. The Labute approximate surface area is 143 Å². The van der Waals surface area contributed by atoms with Crippen molar-refractivity contribution >= 4 is 17.5 Å². The Hall–Kier alpha value is -3.16.